The molecule has 0 spiro atoms. The molecule has 0 saturated carbocycles. The Morgan fingerprint density at radius 3 is 0.677 bits per heavy atom. The Hall–Kier alpha value is -2.48. The van der Waals surface area contributed by atoms with Crippen LogP contribution in [0, 0.1) is 0 Å². The Morgan fingerprint density at radius 1 is 0.516 bits per heavy atom. The molecule has 31 heavy (non-hydrogen) atoms. The number of allylic oxidation sites excluding steroid dienone is 6. The SMILES string of the molecule is CC(=O)/C=C(/[O-])C(F)(F)F.CC(=O)/C=C(\[O-])C(F)(F)F.CC(=O)/C=C(\[O-])C(F)(F)F.[Fe+3]. The van der Waals surface area contributed by atoms with Crippen LogP contribution in [-0.4, -0.2) is 35.9 Å². The number of carbonyl (C=O) groups excluding carboxylic acids is 3. The van der Waals surface area contributed by atoms with E-state index in [0.717, 1.165) is 20.8 Å². The van der Waals surface area contributed by atoms with E-state index in [1.54, 1.807) is 0 Å². The van der Waals surface area contributed by atoms with Crippen molar-refractivity contribution in [3.05, 3.63) is 35.5 Å². The second-order valence-corrected chi connectivity index (χ2v) is 4.85. The summed E-state index contributed by atoms with van der Waals surface area (Å²) in [5, 5.41) is 29.6. The monoisotopic (exact) mass is 515 g/mol. The maximum Gasteiger partial charge on any atom is 3.00 e. The Bertz CT molecular complexity index is 606. The predicted molar refractivity (Wildman–Crippen MR) is 74.5 cm³/mol. The number of hydrogen-bond donors (Lipinski definition) is 0. The van der Waals surface area contributed by atoms with Crippen LogP contribution in [0.3, 0.4) is 0 Å². The normalized spacial score (nSPS) is 13.0. The van der Waals surface area contributed by atoms with Crippen LogP contribution in [0.4, 0.5) is 39.5 Å². The minimum atomic E-state index is -4.92. The molecule has 0 amide bonds. The molecule has 0 aromatic carbocycles. The molecule has 0 heterocycles. The van der Waals surface area contributed by atoms with Crippen LogP contribution in [-0.2, 0) is 31.5 Å². The fourth-order valence-corrected chi connectivity index (χ4v) is 0.799. The number of alkyl halides is 9. The fourth-order valence-electron chi connectivity index (χ4n) is 0.799. The van der Waals surface area contributed by atoms with Crippen LogP contribution in [0.1, 0.15) is 20.8 Å². The minimum Gasteiger partial charge on any atom is -0.869 e. The molecular weight excluding hydrogens is 503 g/mol. The molecule has 0 N–H and O–H groups in total. The molecular formula is C15H12F9FeO6. The molecule has 0 aliphatic rings. The van der Waals surface area contributed by atoms with Gasteiger partial charge in [0, 0.05) is 0 Å². The quantitative estimate of drug-likeness (QED) is 0.241. The van der Waals surface area contributed by atoms with Crippen molar-refractivity contribution in [1.82, 2.24) is 0 Å². The zero-order valence-corrected chi connectivity index (χ0v) is 16.5. The van der Waals surface area contributed by atoms with Gasteiger partial charge in [0.15, 0.2) is 17.3 Å². The minimum absolute atomic E-state index is 0. The number of rotatable bonds is 3. The molecule has 0 aromatic rings. The third-order valence-electron chi connectivity index (χ3n) is 1.84. The van der Waals surface area contributed by atoms with Gasteiger partial charge in [0.1, 0.15) is 0 Å². The molecule has 0 aliphatic heterocycles. The first-order chi connectivity index (χ1) is 13.0. The van der Waals surface area contributed by atoms with E-state index in [9.17, 15) is 69.2 Å². The fraction of sp³-hybridized carbons (Fsp3) is 0.400. The van der Waals surface area contributed by atoms with Crippen molar-refractivity contribution in [3.63, 3.8) is 0 Å². The molecule has 0 bridgehead atoms. The van der Waals surface area contributed by atoms with Gasteiger partial charge in [-0.15, -0.1) is 0 Å². The van der Waals surface area contributed by atoms with Gasteiger partial charge in [0.25, 0.3) is 0 Å². The third kappa shape index (κ3) is 23.7. The van der Waals surface area contributed by atoms with Gasteiger partial charge in [-0.05, 0) is 56.3 Å². The van der Waals surface area contributed by atoms with E-state index in [4.69, 9.17) is 0 Å². The van der Waals surface area contributed by atoms with Crippen LogP contribution in [0.25, 0.3) is 0 Å². The van der Waals surface area contributed by atoms with Gasteiger partial charge in [0.2, 0.25) is 0 Å². The summed E-state index contributed by atoms with van der Waals surface area (Å²) in [6, 6.07) is 0. The Labute approximate surface area is 179 Å². The molecule has 16 heteroatoms. The van der Waals surface area contributed by atoms with E-state index >= 15 is 0 Å². The topological polar surface area (TPSA) is 120 Å². The first kappa shape index (κ1) is 35.9. The standard InChI is InChI=1S/3C5H5F3O2.Fe/c3*1-3(9)2-4(10)5(6,7)8;/h3*2,10H,1H3;/q;;;+3/p-3/b4-2+;2*4-2-;. The summed E-state index contributed by atoms with van der Waals surface area (Å²) in [4.78, 5) is 29.8. The van der Waals surface area contributed by atoms with E-state index in [1.807, 2.05) is 0 Å². The van der Waals surface area contributed by atoms with E-state index in [-0.39, 0.29) is 35.3 Å². The van der Waals surface area contributed by atoms with Gasteiger partial charge in [-0.1, -0.05) is 0 Å². The first-order valence-electron chi connectivity index (χ1n) is 6.91. The van der Waals surface area contributed by atoms with Crippen LogP contribution < -0.4 is 15.3 Å². The van der Waals surface area contributed by atoms with Crippen molar-refractivity contribution in [1.29, 1.82) is 0 Å². The van der Waals surface area contributed by atoms with E-state index in [2.05, 4.69) is 0 Å². The summed E-state index contributed by atoms with van der Waals surface area (Å²) >= 11 is 0. The van der Waals surface area contributed by atoms with E-state index in [1.165, 1.54) is 0 Å². The van der Waals surface area contributed by atoms with Crippen LogP contribution in [0.5, 0.6) is 0 Å². The number of carbonyl (C=O) groups is 3. The third-order valence-corrected chi connectivity index (χ3v) is 1.84. The largest absolute Gasteiger partial charge is 3.00 e. The summed E-state index contributed by atoms with van der Waals surface area (Å²) in [6.07, 6.45) is -14.7. The summed E-state index contributed by atoms with van der Waals surface area (Å²) in [5.41, 5.74) is 0. The number of halogens is 9. The first-order valence-corrected chi connectivity index (χ1v) is 6.91. The van der Waals surface area contributed by atoms with Crippen molar-refractivity contribution in [2.24, 2.45) is 0 Å². The molecule has 179 valence electrons. The summed E-state index contributed by atoms with van der Waals surface area (Å²) in [5.74, 6) is -9.04. The maximum atomic E-state index is 11.3. The Kier molecular flexibility index (Phi) is 16.8. The Balaban J connectivity index is -0.000000174. The molecule has 0 aliphatic carbocycles. The molecule has 0 fully saturated rings. The van der Waals surface area contributed by atoms with Gasteiger partial charge in [0.05, 0.1) is 0 Å². The average molecular weight is 515 g/mol. The van der Waals surface area contributed by atoms with Crippen LogP contribution in [0.2, 0.25) is 0 Å². The van der Waals surface area contributed by atoms with Gasteiger partial charge in [-0.3, -0.25) is 14.4 Å². The zero-order valence-electron chi connectivity index (χ0n) is 15.4. The molecule has 0 unspecified atom stereocenters. The molecule has 0 rings (SSSR count). The van der Waals surface area contributed by atoms with Gasteiger partial charge >= 0.3 is 35.6 Å². The van der Waals surface area contributed by atoms with Crippen LogP contribution in [0.15, 0.2) is 35.5 Å². The average Bonchev–Trinajstić information content (AvgIpc) is 2.43. The van der Waals surface area contributed by atoms with Gasteiger partial charge < -0.3 is 15.3 Å². The van der Waals surface area contributed by atoms with Gasteiger partial charge in [-0.2, -0.15) is 39.5 Å². The van der Waals surface area contributed by atoms with E-state index in [0.29, 0.717) is 0 Å². The smallest absolute Gasteiger partial charge is 0.869 e. The molecule has 0 saturated heterocycles. The van der Waals surface area contributed by atoms with Crippen molar-refractivity contribution in [2.75, 3.05) is 0 Å². The summed E-state index contributed by atoms with van der Waals surface area (Å²) in [6.45, 7) is 2.64. The number of ketones is 3. The van der Waals surface area contributed by atoms with Crippen molar-refractivity contribution in [2.45, 2.75) is 39.3 Å². The Morgan fingerprint density at radius 2 is 0.645 bits per heavy atom. The van der Waals surface area contributed by atoms with Crippen molar-refractivity contribution in [3.8, 4) is 0 Å². The molecule has 0 aromatic heterocycles. The maximum absolute atomic E-state index is 11.3. The summed E-state index contributed by atoms with van der Waals surface area (Å²) < 4.78 is 101. The molecule has 1 radical (unpaired) electrons. The number of hydrogen-bond acceptors (Lipinski definition) is 6. The molecule has 0 atom stereocenters. The van der Waals surface area contributed by atoms with E-state index < -0.39 is 53.2 Å². The second kappa shape index (κ2) is 14.5. The summed E-state index contributed by atoms with van der Waals surface area (Å²) in [7, 11) is 0. The van der Waals surface area contributed by atoms with Crippen molar-refractivity contribution >= 4 is 17.3 Å². The zero-order chi connectivity index (χ0) is 25.1. The molecule has 6 nitrogen and oxygen atoms in total. The van der Waals surface area contributed by atoms with Crippen molar-refractivity contribution < 1.29 is 86.3 Å². The van der Waals surface area contributed by atoms with Crippen LogP contribution >= 0.6 is 0 Å². The van der Waals surface area contributed by atoms with Gasteiger partial charge in [-0.25, -0.2) is 0 Å². The predicted octanol–water partition coefficient (Wildman–Crippen LogP) is 1.14. The second-order valence-electron chi connectivity index (χ2n) is 4.85.